The van der Waals surface area contributed by atoms with Crippen molar-refractivity contribution in [1.29, 1.82) is 0 Å². The van der Waals surface area contributed by atoms with Gasteiger partial charge < -0.3 is 4.74 Å². The number of halogens is 2. The molecule has 0 bridgehead atoms. The number of aromatic amines is 1. The van der Waals surface area contributed by atoms with Crippen molar-refractivity contribution in [1.82, 2.24) is 25.0 Å². The van der Waals surface area contributed by atoms with Crippen LogP contribution < -0.4 is 4.74 Å². The van der Waals surface area contributed by atoms with Crippen molar-refractivity contribution in [2.45, 2.75) is 24.4 Å². The SMILES string of the molecule is COc1ccc(-n2nc(CC(CS(=O)(=O)c3ncn[nH]3)c3cccc(C)c3)cc2-c2ccc(Cl)c(Cl)c2)cc1. The number of hydrogen-bond acceptors (Lipinski definition) is 6. The fraction of sp³-hybridized carbons (Fsp3) is 0.179. The van der Waals surface area contributed by atoms with Crippen LogP contribution in [0.5, 0.6) is 5.75 Å². The van der Waals surface area contributed by atoms with Crippen molar-refractivity contribution in [3.8, 4) is 22.7 Å². The predicted molar refractivity (Wildman–Crippen MR) is 152 cm³/mol. The molecule has 39 heavy (non-hydrogen) atoms. The third-order valence-electron chi connectivity index (χ3n) is 6.37. The van der Waals surface area contributed by atoms with E-state index in [9.17, 15) is 8.42 Å². The Bertz CT molecular complexity index is 1700. The van der Waals surface area contributed by atoms with Crippen LogP contribution in [0.2, 0.25) is 10.0 Å². The third kappa shape index (κ3) is 6.00. The number of nitrogens with zero attached hydrogens (tertiary/aromatic N) is 4. The molecule has 0 spiro atoms. The van der Waals surface area contributed by atoms with Gasteiger partial charge in [-0.3, -0.25) is 5.10 Å². The Morgan fingerprint density at radius 1 is 1.00 bits per heavy atom. The van der Waals surface area contributed by atoms with Crippen LogP contribution in [-0.4, -0.2) is 46.2 Å². The summed E-state index contributed by atoms with van der Waals surface area (Å²) < 4.78 is 33.5. The van der Waals surface area contributed by atoms with Gasteiger partial charge in [0.25, 0.3) is 0 Å². The molecule has 0 aliphatic carbocycles. The molecule has 0 amide bonds. The van der Waals surface area contributed by atoms with E-state index in [1.54, 1.807) is 19.2 Å². The number of aryl methyl sites for hydroxylation is 1. The van der Waals surface area contributed by atoms with E-state index < -0.39 is 9.84 Å². The molecule has 5 aromatic rings. The molecule has 1 N–H and O–H groups in total. The van der Waals surface area contributed by atoms with E-state index in [4.69, 9.17) is 33.0 Å². The number of nitrogens with one attached hydrogen (secondary N) is 1. The third-order valence-corrected chi connectivity index (χ3v) is 8.74. The monoisotopic (exact) mass is 581 g/mol. The second kappa shape index (κ2) is 11.2. The second-order valence-corrected chi connectivity index (χ2v) is 11.9. The van der Waals surface area contributed by atoms with Gasteiger partial charge in [0.15, 0.2) is 0 Å². The van der Waals surface area contributed by atoms with Gasteiger partial charge in [-0.25, -0.2) is 18.1 Å². The predicted octanol–water partition coefficient (Wildman–Crippen LogP) is 6.08. The summed E-state index contributed by atoms with van der Waals surface area (Å²) in [5.41, 5.74) is 5.06. The van der Waals surface area contributed by atoms with Crippen LogP contribution >= 0.6 is 23.2 Å². The van der Waals surface area contributed by atoms with Crippen LogP contribution in [0.1, 0.15) is 22.7 Å². The fourth-order valence-corrected chi connectivity index (χ4v) is 6.14. The smallest absolute Gasteiger partial charge is 0.242 e. The molecule has 0 saturated carbocycles. The van der Waals surface area contributed by atoms with Crippen LogP contribution in [0.4, 0.5) is 0 Å². The summed E-state index contributed by atoms with van der Waals surface area (Å²) in [4.78, 5) is 3.88. The molecule has 5 rings (SSSR count). The molecule has 0 aliphatic heterocycles. The first-order valence-corrected chi connectivity index (χ1v) is 14.5. The van der Waals surface area contributed by atoms with E-state index in [-0.39, 0.29) is 16.8 Å². The maximum absolute atomic E-state index is 13.2. The Hall–Kier alpha value is -3.66. The Kier molecular flexibility index (Phi) is 7.74. The normalized spacial score (nSPS) is 12.4. The van der Waals surface area contributed by atoms with E-state index in [2.05, 4.69) is 15.2 Å². The van der Waals surface area contributed by atoms with Crippen molar-refractivity contribution in [2.75, 3.05) is 12.9 Å². The number of rotatable bonds is 9. The number of H-pyrrole nitrogens is 1. The van der Waals surface area contributed by atoms with Crippen LogP contribution in [-0.2, 0) is 16.3 Å². The molecule has 200 valence electrons. The van der Waals surface area contributed by atoms with Gasteiger partial charge in [-0.15, -0.1) is 0 Å². The fourth-order valence-electron chi connectivity index (χ4n) is 4.45. The second-order valence-electron chi connectivity index (χ2n) is 9.15. The highest BCUT2D eigenvalue weighted by Gasteiger charge is 2.27. The van der Waals surface area contributed by atoms with Crippen molar-refractivity contribution in [3.05, 3.63) is 106 Å². The molecule has 1 atom stereocenters. The van der Waals surface area contributed by atoms with E-state index in [0.29, 0.717) is 22.2 Å². The molecular weight excluding hydrogens is 557 g/mol. The maximum atomic E-state index is 13.2. The zero-order valence-electron chi connectivity index (χ0n) is 21.2. The van der Waals surface area contributed by atoms with Gasteiger partial charge in [0, 0.05) is 11.5 Å². The molecule has 0 aliphatic rings. The van der Waals surface area contributed by atoms with Crippen molar-refractivity contribution < 1.29 is 13.2 Å². The summed E-state index contributed by atoms with van der Waals surface area (Å²) in [6.45, 7) is 1.98. The first kappa shape index (κ1) is 26.9. The van der Waals surface area contributed by atoms with Crippen LogP contribution in [0.3, 0.4) is 0 Å². The van der Waals surface area contributed by atoms with Crippen LogP contribution in [0.15, 0.2) is 84.3 Å². The van der Waals surface area contributed by atoms with Crippen LogP contribution in [0.25, 0.3) is 16.9 Å². The molecule has 0 saturated heterocycles. The van der Waals surface area contributed by atoms with Gasteiger partial charge >= 0.3 is 0 Å². The summed E-state index contributed by atoms with van der Waals surface area (Å²) in [5.74, 6) is 0.170. The molecule has 3 aromatic carbocycles. The van der Waals surface area contributed by atoms with Gasteiger partial charge in [-0.05, 0) is 61.4 Å². The van der Waals surface area contributed by atoms with Crippen molar-refractivity contribution in [3.63, 3.8) is 0 Å². The minimum Gasteiger partial charge on any atom is -0.497 e. The minimum absolute atomic E-state index is 0.152. The molecule has 11 heteroatoms. The Morgan fingerprint density at radius 2 is 1.79 bits per heavy atom. The Labute approximate surface area is 236 Å². The lowest BCUT2D eigenvalue weighted by molar-refractivity contribution is 0.414. The zero-order chi connectivity index (χ0) is 27.6. The molecule has 0 fully saturated rings. The van der Waals surface area contributed by atoms with Gasteiger partial charge in [0.1, 0.15) is 12.1 Å². The number of sulfone groups is 1. The topological polar surface area (TPSA) is 103 Å². The van der Waals surface area contributed by atoms with Crippen LogP contribution in [0, 0.1) is 6.92 Å². The van der Waals surface area contributed by atoms with E-state index in [0.717, 1.165) is 33.8 Å². The van der Waals surface area contributed by atoms with Crippen molar-refractivity contribution in [2.24, 2.45) is 0 Å². The lowest BCUT2D eigenvalue weighted by Gasteiger charge is -2.16. The van der Waals surface area contributed by atoms with Gasteiger partial charge in [-0.2, -0.15) is 10.2 Å². The lowest BCUT2D eigenvalue weighted by atomic mass is 9.94. The first-order valence-electron chi connectivity index (χ1n) is 12.1. The standard InChI is InChI=1S/C28H25Cl2N5O3S/c1-18-4-3-5-19(12-18)21(16-39(36,37)28-31-17-32-33-28)13-22-15-27(20-6-11-25(29)26(30)14-20)35(34-22)23-7-9-24(38-2)10-8-23/h3-12,14-15,17,21H,13,16H2,1-2H3,(H,31,32,33). The van der Waals surface area contributed by atoms with E-state index >= 15 is 0 Å². The lowest BCUT2D eigenvalue weighted by Crippen LogP contribution is -2.18. The van der Waals surface area contributed by atoms with E-state index in [1.165, 1.54) is 6.33 Å². The minimum atomic E-state index is -3.73. The Balaban J connectivity index is 1.58. The summed E-state index contributed by atoms with van der Waals surface area (Å²) in [5, 5.41) is 11.8. The summed E-state index contributed by atoms with van der Waals surface area (Å²) in [7, 11) is -2.12. The number of ether oxygens (including phenoxy) is 1. The average molecular weight is 583 g/mol. The zero-order valence-corrected chi connectivity index (χ0v) is 23.5. The van der Waals surface area contributed by atoms with Gasteiger partial charge in [0.2, 0.25) is 15.0 Å². The molecule has 2 aromatic heterocycles. The van der Waals surface area contributed by atoms with E-state index in [1.807, 2.05) is 72.3 Å². The summed E-state index contributed by atoms with van der Waals surface area (Å²) >= 11 is 12.5. The van der Waals surface area contributed by atoms with Crippen molar-refractivity contribution >= 4 is 33.0 Å². The average Bonchev–Trinajstić information content (AvgIpc) is 3.61. The van der Waals surface area contributed by atoms with Gasteiger partial charge in [0.05, 0.1) is 40.0 Å². The number of benzene rings is 3. The number of methoxy groups -OCH3 is 1. The molecular formula is C28H25Cl2N5O3S. The summed E-state index contributed by atoms with van der Waals surface area (Å²) in [6.07, 6.45) is 1.56. The highest BCUT2D eigenvalue weighted by Crippen LogP contribution is 2.33. The maximum Gasteiger partial charge on any atom is 0.242 e. The number of hydrogen-bond donors (Lipinski definition) is 1. The Morgan fingerprint density at radius 3 is 2.46 bits per heavy atom. The molecule has 2 heterocycles. The summed E-state index contributed by atoms with van der Waals surface area (Å²) in [6, 6.07) is 22.7. The molecule has 1 unspecified atom stereocenters. The largest absolute Gasteiger partial charge is 0.497 e. The van der Waals surface area contributed by atoms with Gasteiger partial charge in [-0.1, -0.05) is 59.1 Å². The molecule has 8 nitrogen and oxygen atoms in total. The number of aromatic nitrogens is 5. The quantitative estimate of drug-likeness (QED) is 0.226. The molecule has 0 radical (unpaired) electrons. The first-order chi connectivity index (χ1) is 18.7. The highest BCUT2D eigenvalue weighted by molar-refractivity contribution is 7.91. The highest BCUT2D eigenvalue weighted by atomic mass is 35.5.